The van der Waals surface area contributed by atoms with Crippen molar-refractivity contribution in [1.29, 1.82) is 0 Å². The first-order valence-corrected chi connectivity index (χ1v) is 7.43. The fraction of sp³-hybridized carbons (Fsp3) is 0.0667. The first-order valence-electron chi connectivity index (χ1n) is 6.45. The summed E-state index contributed by atoms with van der Waals surface area (Å²) in [5.41, 5.74) is 2.00. The van der Waals surface area contributed by atoms with E-state index in [0.29, 0.717) is 10.8 Å². The molecule has 0 aliphatic rings. The smallest absolute Gasteiger partial charge is 0.393 e. The number of nitrogens with one attached hydrogen (secondary N) is 1. The maximum Gasteiger partial charge on any atom is 0.411 e. The molecule has 3 aromatic rings. The van der Waals surface area contributed by atoms with Crippen LogP contribution in [0, 0.1) is 10.1 Å². The monoisotopic (exact) mass is 315 g/mol. The second kappa shape index (κ2) is 5.98. The minimum Gasteiger partial charge on any atom is -0.393 e. The molecule has 2 aromatic carbocycles. The molecule has 0 amide bonds. The average Bonchev–Trinajstić information content (AvgIpc) is 2.95. The second-order valence-corrected chi connectivity index (χ2v) is 5.47. The van der Waals surface area contributed by atoms with Gasteiger partial charge in [-0.1, -0.05) is 12.1 Å². The largest absolute Gasteiger partial charge is 0.411 e. The van der Waals surface area contributed by atoms with E-state index in [2.05, 4.69) is 4.98 Å². The number of fused-ring (bicyclic) bond motifs is 1. The summed E-state index contributed by atoms with van der Waals surface area (Å²) in [7, 11) is 0. The predicted molar refractivity (Wildman–Crippen MR) is 80.9 cm³/mol. The van der Waals surface area contributed by atoms with Crippen molar-refractivity contribution in [2.75, 3.05) is 5.75 Å². The van der Waals surface area contributed by atoms with Crippen LogP contribution >= 0.6 is 11.8 Å². The molecule has 0 aliphatic heterocycles. The summed E-state index contributed by atoms with van der Waals surface area (Å²) < 4.78 is 5.57. The van der Waals surface area contributed by atoms with E-state index in [1.807, 2.05) is 24.3 Å². The van der Waals surface area contributed by atoms with E-state index in [9.17, 15) is 14.9 Å². The van der Waals surface area contributed by atoms with Gasteiger partial charge in [0.2, 0.25) is 11.1 Å². The lowest BCUT2D eigenvalue weighted by atomic mass is 10.1. The van der Waals surface area contributed by atoms with Gasteiger partial charge in [0.25, 0.3) is 5.69 Å². The van der Waals surface area contributed by atoms with Gasteiger partial charge in [0, 0.05) is 23.8 Å². The lowest BCUT2D eigenvalue weighted by Crippen LogP contribution is -2.06. The van der Waals surface area contributed by atoms with Crippen molar-refractivity contribution in [2.45, 2.75) is 5.22 Å². The molecule has 1 aromatic heterocycles. The van der Waals surface area contributed by atoms with E-state index < -0.39 is 4.92 Å². The quantitative estimate of drug-likeness (QED) is 0.312. The van der Waals surface area contributed by atoms with Gasteiger partial charge in [0.05, 0.1) is 10.7 Å². The van der Waals surface area contributed by atoms with Crippen molar-refractivity contribution in [3.63, 3.8) is 0 Å². The summed E-state index contributed by atoms with van der Waals surface area (Å²) in [6.45, 7) is 0. The van der Waals surface area contributed by atoms with Gasteiger partial charge in [0.15, 0.2) is 5.78 Å². The van der Waals surface area contributed by atoms with Crippen LogP contribution in [0.25, 0.3) is 11.1 Å². The summed E-state index contributed by atoms with van der Waals surface area (Å²) in [6.07, 6.45) is 0. The van der Waals surface area contributed by atoms with Gasteiger partial charge in [-0.05, 0) is 30.0 Å². The Balaban J connectivity index is 1.67. The third-order valence-corrected chi connectivity index (χ3v) is 3.92. The Morgan fingerprint density at radius 3 is 2.59 bits per heavy atom. The number of ketones is 1. The van der Waals surface area contributed by atoms with Crippen LogP contribution in [0.3, 0.4) is 0 Å². The standard InChI is InChI=1S/C15H10N2O4S/c18-13(10-5-7-11(8-6-10)17(19)20)9-22-15-16-12-3-1-2-4-14(12)21-15/h1-8H,9H2/p+1. The highest BCUT2D eigenvalue weighted by Crippen LogP contribution is 2.21. The number of carbonyl (C=O) groups is 1. The number of Topliss-reactive ketones (excluding diaryl/α,β-unsaturated/α-hetero) is 1. The molecular weight excluding hydrogens is 304 g/mol. The molecule has 0 spiro atoms. The van der Waals surface area contributed by atoms with Crippen molar-refractivity contribution in [2.24, 2.45) is 0 Å². The molecule has 0 aliphatic carbocycles. The van der Waals surface area contributed by atoms with Gasteiger partial charge < -0.3 is 4.42 Å². The van der Waals surface area contributed by atoms with Crippen LogP contribution in [0.1, 0.15) is 10.4 Å². The second-order valence-electron chi connectivity index (χ2n) is 4.53. The highest BCUT2D eigenvalue weighted by molar-refractivity contribution is 7.99. The summed E-state index contributed by atoms with van der Waals surface area (Å²) >= 11 is 1.25. The van der Waals surface area contributed by atoms with Crippen LogP contribution < -0.4 is 4.98 Å². The van der Waals surface area contributed by atoms with Crippen molar-refractivity contribution in [3.8, 4) is 0 Å². The fourth-order valence-corrected chi connectivity index (χ4v) is 2.70. The number of oxazole rings is 1. The maximum absolute atomic E-state index is 12.1. The van der Waals surface area contributed by atoms with E-state index in [4.69, 9.17) is 4.42 Å². The average molecular weight is 315 g/mol. The molecule has 0 radical (unpaired) electrons. The molecule has 0 saturated heterocycles. The number of rotatable bonds is 5. The number of aromatic amines is 1. The number of para-hydroxylation sites is 2. The zero-order valence-corrected chi connectivity index (χ0v) is 12.1. The van der Waals surface area contributed by atoms with Crippen molar-refractivity contribution in [1.82, 2.24) is 0 Å². The first-order chi connectivity index (χ1) is 10.6. The summed E-state index contributed by atoms with van der Waals surface area (Å²) in [5.74, 6) is 0.0717. The van der Waals surface area contributed by atoms with Crippen LogP contribution in [0.4, 0.5) is 5.69 Å². The number of hydrogen-bond acceptors (Lipinski definition) is 5. The summed E-state index contributed by atoms with van der Waals surface area (Å²) in [5, 5.41) is 11.1. The molecule has 0 atom stereocenters. The Morgan fingerprint density at radius 1 is 1.18 bits per heavy atom. The minimum atomic E-state index is -0.494. The Hall–Kier alpha value is -2.67. The molecule has 3 rings (SSSR count). The highest BCUT2D eigenvalue weighted by atomic mass is 32.2. The molecule has 22 heavy (non-hydrogen) atoms. The lowest BCUT2D eigenvalue weighted by Gasteiger charge is -1.97. The van der Waals surface area contributed by atoms with E-state index in [1.165, 1.54) is 36.0 Å². The molecule has 0 saturated carbocycles. The van der Waals surface area contributed by atoms with Crippen LogP contribution in [-0.4, -0.2) is 16.5 Å². The minimum absolute atomic E-state index is 0.0326. The van der Waals surface area contributed by atoms with E-state index in [1.54, 1.807) is 0 Å². The number of aromatic nitrogens is 1. The van der Waals surface area contributed by atoms with E-state index >= 15 is 0 Å². The number of thioether (sulfide) groups is 1. The van der Waals surface area contributed by atoms with Crippen LogP contribution in [0.2, 0.25) is 0 Å². The fourth-order valence-electron chi connectivity index (χ4n) is 1.94. The van der Waals surface area contributed by atoms with Gasteiger partial charge in [-0.15, -0.1) is 0 Å². The highest BCUT2D eigenvalue weighted by Gasteiger charge is 2.16. The van der Waals surface area contributed by atoms with E-state index in [-0.39, 0.29) is 17.2 Å². The molecule has 0 unspecified atom stereocenters. The molecule has 110 valence electrons. The van der Waals surface area contributed by atoms with Crippen LogP contribution in [0.5, 0.6) is 0 Å². The zero-order chi connectivity index (χ0) is 15.5. The molecule has 1 N–H and O–H groups in total. The van der Waals surface area contributed by atoms with Gasteiger partial charge >= 0.3 is 5.22 Å². The Labute approximate surface area is 129 Å². The van der Waals surface area contributed by atoms with Gasteiger partial charge in [-0.3, -0.25) is 14.9 Å². The molecule has 1 heterocycles. The molecule has 0 bridgehead atoms. The number of H-pyrrole nitrogens is 1. The Kier molecular flexibility index (Phi) is 3.88. The van der Waals surface area contributed by atoms with Crippen molar-refractivity contribution in [3.05, 3.63) is 64.2 Å². The zero-order valence-electron chi connectivity index (χ0n) is 11.3. The number of nitro benzene ring substituents is 1. The SMILES string of the molecule is O=C(CSc1[nH+]c2ccccc2o1)c1ccc([N+](=O)[O-])cc1. The summed E-state index contributed by atoms with van der Waals surface area (Å²) in [6, 6.07) is 13.1. The van der Waals surface area contributed by atoms with E-state index in [0.717, 1.165) is 11.1 Å². The molecule has 0 fully saturated rings. The number of nitro groups is 1. The van der Waals surface area contributed by atoms with Gasteiger partial charge in [0.1, 0.15) is 0 Å². The van der Waals surface area contributed by atoms with Crippen LogP contribution in [-0.2, 0) is 0 Å². The molecule has 6 nitrogen and oxygen atoms in total. The summed E-state index contributed by atoms with van der Waals surface area (Å²) in [4.78, 5) is 25.2. The van der Waals surface area contributed by atoms with Crippen molar-refractivity contribution >= 4 is 34.3 Å². The van der Waals surface area contributed by atoms with Gasteiger partial charge in [-0.2, -0.15) is 4.98 Å². The topological polar surface area (TPSA) is 87.5 Å². The number of non-ortho nitro benzene ring substituents is 1. The number of nitrogens with zero attached hydrogens (tertiary/aromatic N) is 1. The van der Waals surface area contributed by atoms with Gasteiger partial charge in [-0.25, -0.2) is 0 Å². The maximum atomic E-state index is 12.1. The number of carbonyl (C=O) groups excluding carboxylic acids is 1. The molecular formula is C15H11N2O4S+. The normalized spacial score (nSPS) is 10.7. The molecule has 7 heteroatoms. The number of hydrogen-bond donors (Lipinski definition) is 0. The third kappa shape index (κ3) is 2.99. The Morgan fingerprint density at radius 2 is 1.91 bits per heavy atom. The van der Waals surface area contributed by atoms with Crippen molar-refractivity contribution < 1.29 is 19.1 Å². The Bertz CT molecular complexity index is 809. The third-order valence-electron chi connectivity index (χ3n) is 3.06. The number of benzene rings is 2. The predicted octanol–water partition coefficient (Wildman–Crippen LogP) is 3.13. The lowest BCUT2D eigenvalue weighted by molar-refractivity contribution is -0.411. The first kappa shape index (κ1) is 14.3. The van der Waals surface area contributed by atoms with Crippen LogP contribution in [0.15, 0.2) is 58.2 Å².